The van der Waals surface area contributed by atoms with Crippen molar-refractivity contribution in [3.8, 4) is 11.5 Å². The first-order chi connectivity index (χ1) is 10.6. The summed E-state index contributed by atoms with van der Waals surface area (Å²) in [5, 5.41) is 6.06. The van der Waals surface area contributed by atoms with Gasteiger partial charge in [0.05, 0.1) is 0 Å². The van der Waals surface area contributed by atoms with Crippen LogP contribution in [-0.2, 0) is 6.54 Å². The van der Waals surface area contributed by atoms with Crippen molar-refractivity contribution in [2.24, 2.45) is 5.92 Å². The van der Waals surface area contributed by atoms with E-state index in [-0.39, 0.29) is 6.79 Å². The Morgan fingerprint density at radius 1 is 1.05 bits per heavy atom. The number of ether oxygens (including phenoxy) is 2. The SMILES string of the molecule is CC(C)CNc1c(NCc2ccc3c(c2)OCO3)c(=O)c1=O. The number of anilines is 2. The largest absolute Gasteiger partial charge is 0.454 e. The Balaban J connectivity index is 1.68. The van der Waals surface area contributed by atoms with Crippen molar-refractivity contribution in [3.63, 3.8) is 0 Å². The van der Waals surface area contributed by atoms with E-state index in [1.807, 2.05) is 32.0 Å². The molecule has 0 radical (unpaired) electrons. The maximum Gasteiger partial charge on any atom is 0.253 e. The van der Waals surface area contributed by atoms with E-state index >= 15 is 0 Å². The molecule has 0 amide bonds. The van der Waals surface area contributed by atoms with Crippen molar-refractivity contribution in [2.45, 2.75) is 20.4 Å². The van der Waals surface area contributed by atoms with Crippen LogP contribution in [0.1, 0.15) is 19.4 Å². The number of benzene rings is 1. The lowest BCUT2D eigenvalue weighted by Crippen LogP contribution is -2.37. The van der Waals surface area contributed by atoms with E-state index in [2.05, 4.69) is 10.6 Å². The number of fused-ring (bicyclic) bond motifs is 1. The summed E-state index contributed by atoms with van der Waals surface area (Å²) >= 11 is 0. The molecule has 6 nitrogen and oxygen atoms in total. The van der Waals surface area contributed by atoms with Gasteiger partial charge in [-0.3, -0.25) is 9.59 Å². The molecule has 0 bridgehead atoms. The van der Waals surface area contributed by atoms with E-state index in [0.29, 0.717) is 36.1 Å². The second kappa shape index (κ2) is 5.71. The molecule has 0 aromatic heterocycles. The fraction of sp³-hybridized carbons (Fsp3) is 0.375. The smallest absolute Gasteiger partial charge is 0.253 e. The summed E-state index contributed by atoms with van der Waals surface area (Å²) < 4.78 is 10.6. The standard InChI is InChI=1S/C16H18N2O4/c1-9(2)6-17-13-14(16(20)15(13)19)18-7-10-3-4-11-12(5-10)22-8-21-11/h3-5,9,17-18H,6-8H2,1-2H3. The molecule has 1 aliphatic rings. The second-order valence-electron chi connectivity index (χ2n) is 5.72. The summed E-state index contributed by atoms with van der Waals surface area (Å²) in [6.07, 6.45) is 0. The Bertz CT molecular complexity index is 760. The fourth-order valence-corrected chi connectivity index (χ4v) is 2.28. The van der Waals surface area contributed by atoms with Gasteiger partial charge in [0.25, 0.3) is 10.9 Å². The molecule has 0 fully saturated rings. The molecular weight excluding hydrogens is 284 g/mol. The van der Waals surface area contributed by atoms with Gasteiger partial charge in [0.1, 0.15) is 11.4 Å². The fourth-order valence-electron chi connectivity index (χ4n) is 2.28. The molecule has 2 N–H and O–H groups in total. The third-order valence-corrected chi connectivity index (χ3v) is 3.50. The van der Waals surface area contributed by atoms with Gasteiger partial charge in [-0.25, -0.2) is 0 Å². The zero-order chi connectivity index (χ0) is 15.7. The Hall–Kier alpha value is -2.50. The first kappa shape index (κ1) is 14.4. The van der Waals surface area contributed by atoms with Gasteiger partial charge in [0.15, 0.2) is 11.5 Å². The van der Waals surface area contributed by atoms with Crippen LogP contribution < -0.4 is 31.0 Å². The maximum absolute atomic E-state index is 11.7. The van der Waals surface area contributed by atoms with Crippen molar-refractivity contribution in [2.75, 3.05) is 24.0 Å². The van der Waals surface area contributed by atoms with Gasteiger partial charge < -0.3 is 20.1 Å². The van der Waals surface area contributed by atoms with Crippen LogP contribution in [0.3, 0.4) is 0 Å². The molecule has 116 valence electrons. The van der Waals surface area contributed by atoms with Gasteiger partial charge in [-0.15, -0.1) is 0 Å². The van der Waals surface area contributed by atoms with Crippen LogP contribution in [0.25, 0.3) is 0 Å². The Kier molecular flexibility index (Phi) is 3.75. The molecular formula is C16H18N2O4. The van der Waals surface area contributed by atoms with E-state index in [0.717, 1.165) is 11.3 Å². The molecule has 0 atom stereocenters. The van der Waals surface area contributed by atoms with Crippen molar-refractivity contribution in [1.82, 2.24) is 0 Å². The van der Waals surface area contributed by atoms with E-state index in [1.54, 1.807) is 0 Å². The third-order valence-electron chi connectivity index (χ3n) is 3.50. The second-order valence-corrected chi connectivity index (χ2v) is 5.72. The molecule has 0 saturated heterocycles. The van der Waals surface area contributed by atoms with E-state index < -0.39 is 10.9 Å². The minimum atomic E-state index is -0.466. The van der Waals surface area contributed by atoms with Crippen LogP contribution in [0.2, 0.25) is 0 Å². The van der Waals surface area contributed by atoms with E-state index in [9.17, 15) is 9.59 Å². The molecule has 1 aliphatic heterocycles. The minimum absolute atomic E-state index is 0.230. The lowest BCUT2D eigenvalue weighted by Gasteiger charge is -2.16. The minimum Gasteiger partial charge on any atom is -0.454 e. The van der Waals surface area contributed by atoms with Crippen LogP contribution in [0.4, 0.5) is 11.4 Å². The molecule has 0 unspecified atom stereocenters. The zero-order valence-corrected chi connectivity index (χ0v) is 12.6. The number of hydrogen-bond donors (Lipinski definition) is 2. The average molecular weight is 302 g/mol. The van der Waals surface area contributed by atoms with Gasteiger partial charge in [-0.1, -0.05) is 19.9 Å². The monoisotopic (exact) mass is 302 g/mol. The van der Waals surface area contributed by atoms with E-state index in [4.69, 9.17) is 9.47 Å². The first-order valence-electron chi connectivity index (χ1n) is 7.26. The highest BCUT2D eigenvalue weighted by Gasteiger charge is 2.21. The van der Waals surface area contributed by atoms with Crippen LogP contribution in [0.15, 0.2) is 27.8 Å². The summed E-state index contributed by atoms with van der Waals surface area (Å²) in [6.45, 7) is 5.41. The van der Waals surface area contributed by atoms with Crippen LogP contribution in [0, 0.1) is 5.92 Å². The van der Waals surface area contributed by atoms with Crippen molar-refractivity contribution in [1.29, 1.82) is 0 Å². The van der Waals surface area contributed by atoms with E-state index in [1.165, 1.54) is 0 Å². The number of rotatable bonds is 6. The summed E-state index contributed by atoms with van der Waals surface area (Å²) in [4.78, 5) is 23.3. The first-order valence-corrected chi connectivity index (χ1v) is 7.26. The van der Waals surface area contributed by atoms with Gasteiger partial charge in [-0.05, 0) is 23.6 Å². The predicted molar refractivity (Wildman–Crippen MR) is 84.6 cm³/mol. The normalized spacial score (nSPS) is 12.9. The summed E-state index contributed by atoms with van der Waals surface area (Å²) in [7, 11) is 0. The van der Waals surface area contributed by atoms with Crippen molar-refractivity contribution in [3.05, 3.63) is 44.2 Å². The van der Waals surface area contributed by atoms with Crippen molar-refractivity contribution >= 4 is 11.4 Å². The molecule has 2 aromatic rings. The third kappa shape index (κ3) is 2.64. The Labute approximate surface area is 127 Å². The van der Waals surface area contributed by atoms with Crippen LogP contribution in [0.5, 0.6) is 11.5 Å². The van der Waals surface area contributed by atoms with Crippen LogP contribution in [-0.4, -0.2) is 13.3 Å². The molecule has 6 heteroatoms. The van der Waals surface area contributed by atoms with Gasteiger partial charge in [-0.2, -0.15) is 0 Å². The Morgan fingerprint density at radius 2 is 1.73 bits per heavy atom. The molecule has 0 spiro atoms. The van der Waals surface area contributed by atoms with Gasteiger partial charge in [0, 0.05) is 13.1 Å². The highest BCUT2D eigenvalue weighted by molar-refractivity contribution is 5.74. The predicted octanol–water partition coefficient (Wildman–Crippen LogP) is 1.69. The van der Waals surface area contributed by atoms with Crippen molar-refractivity contribution < 1.29 is 9.47 Å². The molecule has 0 aliphatic carbocycles. The highest BCUT2D eigenvalue weighted by atomic mass is 16.7. The molecule has 22 heavy (non-hydrogen) atoms. The van der Waals surface area contributed by atoms with Gasteiger partial charge >= 0.3 is 0 Å². The Morgan fingerprint density at radius 3 is 2.45 bits per heavy atom. The van der Waals surface area contributed by atoms with Crippen LogP contribution >= 0.6 is 0 Å². The number of nitrogens with one attached hydrogen (secondary N) is 2. The summed E-state index contributed by atoms with van der Waals surface area (Å²) in [5.41, 5.74) is 0.788. The molecule has 3 rings (SSSR count). The summed E-state index contributed by atoms with van der Waals surface area (Å²) in [5.74, 6) is 1.81. The molecule has 0 saturated carbocycles. The number of hydrogen-bond acceptors (Lipinski definition) is 6. The quantitative estimate of drug-likeness (QED) is 0.791. The molecule has 2 aromatic carbocycles. The molecule has 1 heterocycles. The lowest BCUT2D eigenvalue weighted by atomic mass is 10.1. The lowest BCUT2D eigenvalue weighted by molar-refractivity contribution is 0.174. The van der Waals surface area contributed by atoms with Gasteiger partial charge in [0.2, 0.25) is 6.79 Å². The topological polar surface area (TPSA) is 76.7 Å². The highest BCUT2D eigenvalue weighted by Crippen LogP contribution is 2.32. The zero-order valence-electron chi connectivity index (χ0n) is 12.6. The maximum atomic E-state index is 11.7. The average Bonchev–Trinajstić information content (AvgIpc) is 2.96. The summed E-state index contributed by atoms with van der Waals surface area (Å²) in [6, 6.07) is 5.59.